The molecule has 1 heterocycles. The predicted molar refractivity (Wildman–Crippen MR) is 139 cm³/mol. The molecule has 1 unspecified atom stereocenters. The molecule has 0 spiro atoms. The first-order valence-electron chi connectivity index (χ1n) is 11.8. The minimum Gasteiger partial charge on any atom is -0.497 e. The van der Waals surface area contributed by atoms with Gasteiger partial charge in [-0.2, -0.15) is 0 Å². The van der Waals surface area contributed by atoms with Crippen LogP contribution in [0.1, 0.15) is 65.5 Å². The number of ether oxygens (including phenoxy) is 2. The molecule has 0 saturated heterocycles. The number of esters is 1. The maximum atomic E-state index is 13.2. The van der Waals surface area contributed by atoms with Gasteiger partial charge in [-0.3, -0.25) is 14.4 Å². The molecule has 0 radical (unpaired) electrons. The Morgan fingerprint density at radius 2 is 1.64 bits per heavy atom. The van der Waals surface area contributed by atoms with Gasteiger partial charge < -0.3 is 19.7 Å². The van der Waals surface area contributed by atoms with Crippen molar-refractivity contribution in [3.05, 3.63) is 89.0 Å². The summed E-state index contributed by atoms with van der Waals surface area (Å²) in [5, 5.41) is 2.85. The number of methoxy groups -OCH3 is 1. The molecule has 36 heavy (non-hydrogen) atoms. The van der Waals surface area contributed by atoms with E-state index in [2.05, 4.69) is 5.32 Å². The fraction of sp³-hybridized carbons (Fsp3) is 0.276. The third-order valence-corrected chi connectivity index (χ3v) is 5.99. The molecule has 0 aromatic heterocycles. The molecule has 4 rings (SSSR count). The highest BCUT2D eigenvalue weighted by molar-refractivity contribution is 6.11. The van der Waals surface area contributed by atoms with E-state index < -0.39 is 11.5 Å². The second kappa shape index (κ2) is 9.85. The van der Waals surface area contributed by atoms with Gasteiger partial charge in [-0.05, 0) is 87.4 Å². The quantitative estimate of drug-likeness (QED) is 0.462. The van der Waals surface area contributed by atoms with Gasteiger partial charge in [0.2, 0.25) is 0 Å². The van der Waals surface area contributed by atoms with Gasteiger partial charge in [0.1, 0.15) is 11.4 Å². The van der Waals surface area contributed by atoms with Crippen LogP contribution in [0.2, 0.25) is 0 Å². The van der Waals surface area contributed by atoms with Crippen LogP contribution >= 0.6 is 0 Å². The lowest BCUT2D eigenvalue weighted by atomic mass is 10.0. The minimum atomic E-state index is -0.550. The number of carbonyl (C=O) groups excluding carboxylic acids is 3. The maximum absolute atomic E-state index is 13.2. The molecule has 0 aliphatic carbocycles. The average Bonchev–Trinajstić information content (AvgIpc) is 3.18. The molecule has 0 saturated carbocycles. The number of fused-ring (bicyclic) bond motifs is 1. The van der Waals surface area contributed by atoms with E-state index in [1.165, 1.54) is 0 Å². The summed E-state index contributed by atoms with van der Waals surface area (Å²) in [6, 6.07) is 19.5. The molecule has 7 heteroatoms. The van der Waals surface area contributed by atoms with Gasteiger partial charge >= 0.3 is 5.97 Å². The molecule has 1 aliphatic heterocycles. The second-order valence-electron chi connectivity index (χ2n) is 9.79. The highest BCUT2D eigenvalue weighted by Crippen LogP contribution is 2.31. The highest BCUT2D eigenvalue weighted by Gasteiger charge is 2.29. The topological polar surface area (TPSA) is 84.9 Å². The number of carbonyl (C=O) groups is 3. The third-order valence-electron chi connectivity index (χ3n) is 5.99. The van der Waals surface area contributed by atoms with Gasteiger partial charge in [0, 0.05) is 22.5 Å². The summed E-state index contributed by atoms with van der Waals surface area (Å²) >= 11 is 0. The molecule has 3 aromatic rings. The molecule has 2 amide bonds. The summed E-state index contributed by atoms with van der Waals surface area (Å²) < 4.78 is 10.6. The summed E-state index contributed by atoms with van der Waals surface area (Å²) in [6.07, 6.45) is 0. The first kappa shape index (κ1) is 25.0. The summed E-state index contributed by atoms with van der Waals surface area (Å²) in [5.74, 6) is -0.444. The first-order valence-corrected chi connectivity index (χ1v) is 11.8. The van der Waals surface area contributed by atoms with Gasteiger partial charge in [-0.15, -0.1) is 0 Å². The van der Waals surface area contributed by atoms with Crippen LogP contribution in [0, 0.1) is 0 Å². The Balaban J connectivity index is 1.45. The van der Waals surface area contributed by atoms with Crippen LogP contribution in [0.5, 0.6) is 5.75 Å². The average molecular weight is 487 g/mol. The van der Waals surface area contributed by atoms with Crippen molar-refractivity contribution in [3.63, 3.8) is 0 Å². The van der Waals surface area contributed by atoms with Gasteiger partial charge in [0.15, 0.2) is 0 Å². The SMILES string of the molecule is COc1ccc(C(=O)Nc2ccc3c(c2)C(=O)N(c2ccc(C(C)C(=O)OC(C)(C)C)cc2)C3)cc1. The van der Waals surface area contributed by atoms with Crippen LogP contribution in [0.25, 0.3) is 0 Å². The van der Waals surface area contributed by atoms with E-state index in [0.717, 1.165) is 16.8 Å². The number of benzene rings is 3. The number of rotatable bonds is 6. The van der Waals surface area contributed by atoms with Crippen LogP contribution in [0.15, 0.2) is 66.7 Å². The fourth-order valence-corrected chi connectivity index (χ4v) is 4.00. The molecule has 0 bridgehead atoms. The van der Waals surface area contributed by atoms with E-state index in [9.17, 15) is 14.4 Å². The monoisotopic (exact) mass is 486 g/mol. The minimum absolute atomic E-state index is 0.140. The Morgan fingerprint density at radius 1 is 0.972 bits per heavy atom. The summed E-state index contributed by atoms with van der Waals surface area (Å²) in [7, 11) is 1.57. The Bertz CT molecular complexity index is 1290. The zero-order chi connectivity index (χ0) is 26.0. The number of amides is 2. The lowest BCUT2D eigenvalue weighted by molar-refractivity contribution is -0.156. The molecule has 1 aliphatic rings. The molecular formula is C29H30N2O5. The van der Waals surface area contributed by atoms with Crippen LogP contribution in [-0.2, 0) is 16.1 Å². The molecule has 1 atom stereocenters. The van der Waals surface area contributed by atoms with E-state index >= 15 is 0 Å². The second-order valence-corrected chi connectivity index (χ2v) is 9.79. The van der Waals surface area contributed by atoms with Crippen molar-refractivity contribution in [3.8, 4) is 5.75 Å². The van der Waals surface area contributed by atoms with Gasteiger partial charge in [-0.25, -0.2) is 0 Å². The van der Waals surface area contributed by atoms with Crippen molar-refractivity contribution in [2.24, 2.45) is 0 Å². The van der Waals surface area contributed by atoms with Gasteiger partial charge in [0.25, 0.3) is 11.8 Å². The van der Waals surface area contributed by atoms with Crippen LogP contribution in [-0.4, -0.2) is 30.5 Å². The molecular weight excluding hydrogens is 456 g/mol. The lowest BCUT2D eigenvalue weighted by Gasteiger charge is -2.23. The van der Waals surface area contributed by atoms with Crippen LogP contribution in [0.4, 0.5) is 11.4 Å². The highest BCUT2D eigenvalue weighted by atomic mass is 16.6. The summed E-state index contributed by atoms with van der Waals surface area (Å²) in [4.78, 5) is 39.9. The summed E-state index contributed by atoms with van der Waals surface area (Å²) in [5.41, 5.74) is 3.48. The Labute approximate surface area is 211 Å². The van der Waals surface area contributed by atoms with E-state index in [4.69, 9.17) is 9.47 Å². The normalized spacial score (nSPS) is 13.7. The van der Waals surface area contributed by atoms with Crippen molar-refractivity contribution < 1.29 is 23.9 Å². The van der Waals surface area contributed by atoms with E-state index in [0.29, 0.717) is 29.1 Å². The lowest BCUT2D eigenvalue weighted by Crippen LogP contribution is -2.27. The Hall–Kier alpha value is -4.13. The molecule has 186 valence electrons. The Morgan fingerprint density at radius 3 is 2.25 bits per heavy atom. The van der Waals surface area contributed by atoms with Crippen molar-refractivity contribution in [1.82, 2.24) is 0 Å². The van der Waals surface area contributed by atoms with Crippen molar-refractivity contribution in [1.29, 1.82) is 0 Å². The third kappa shape index (κ3) is 5.40. The molecule has 1 N–H and O–H groups in total. The predicted octanol–water partition coefficient (Wildman–Crippen LogP) is 5.55. The number of hydrogen-bond donors (Lipinski definition) is 1. The zero-order valence-electron chi connectivity index (χ0n) is 21.1. The van der Waals surface area contributed by atoms with Gasteiger partial charge in [0.05, 0.1) is 19.6 Å². The van der Waals surface area contributed by atoms with E-state index in [1.54, 1.807) is 48.4 Å². The van der Waals surface area contributed by atoms with Crippen molar-refractivity contribution in [2.45, 2.75) is 45.8 Å². The molecule has 7 nitrogen and oxygen atoms in total. The largest absolute Gasteiger partial charge is 0.497 e. The van der Waals surface area contributed by atoms with Crippen molar-refractivity contribution >= 4 is 29.2 Å². The smallest absolute Gasteiger partial charge is 0.313 e. The maximum Gasteiger partial charge on any atom is 0.313 e. The number of hydrogen-bond acceptors (Lipinski definition) is 5. The summed E-state index contributed by atoms with van der Waals surface area (Å²) in [6.45, 7) is 7.76. The standard InChI is InChI=1S/C29H30N2O5/c1-18(28(34)36-29(2,3)4)19-7-12-23(13-8-19)31-17-21-6-11-22(16-25(21)27(31)33)30-26(32)20-9-14-24(35-5)15-10-20/h6-16,18H,17H2,1-5H3,(H,30,32). The first-order chi connectivity index (χ1) is 17.1. The number of nitrogens with one attached hydrogen (secondary N) is 1. The van der Waals surface area contributed by atoms with Gasteiger partial charge in [-0.1, -0.05) is 18.2 Å². The van der Waals surface area contributed by atoms with Crippen LogP contribution < -0.4 is 15.0 Å². The van der Waals surface area contributed by atoms with E-state index in [-0.39, 0.29) is 17.8 Å². The number of nitrogens with zero attached hydrogens (tertiary/aromatic N) is 1. The van der Waals surface area contributed by atoms with E-state index in [1.807, 2.05) is 58.0 Å². The molecule has 3 aromatic carbocycles. The fourth-order valence-electron chi connectivity index (χ4n) is 4.00. The molecule has 0 fully saturated rings. The zero-order valence-corrected chi connectivity index (χ0v) is 21.1. The number of anilines is 2. The van der Waals surface area contributed by atoms with Crippen LogP contribution in [0.3, 0.4) is 0 Å². The van der Waals surface area contributed by atoms with Crippen molar-refractivity contribution in [2.75, 3.05) is 17.3 Å². The Kier molecular flexibility index (Phi) is 6.84.